The lowest BCUT2D eigenvalue weighted by Gasteiger charge is -2.17. The molecule has 1 aliphatic carbocycles. The third kappa shape index (κ3) is 2.59. The highest BCUT2D eigenvalue weighted by atomic mass is 16.5. The van der Waals surface area contributed by atoms with Crippen molar-refractivity contribution in [3.05, 3.63) is 59.2 Å². The highest BCUT2D eigenvalue weighted by Crippen LogP contribution is 2.49. The SMILES string of the molecule is COc1ccc(C2(C(=O)Nc3ccc(C)cc3C)CC2)cc1. The van der Waals surface area contributed by atoms with Crippen molar-refractivity contribution in [2.45, 2.75) is 32.1 Å². The Bertz CT molecular complexity index is 700. The Morgan fingerprint density at radius 2 is 1.77 bits per heavy atom. The molecular formula is C19H21NO2. The fourth-order valence-corrected chi connectivity index (χ4v) is 2.88. The Hall–Kier alpha value is -2.29. The van der Waals surface area contributed by atoms with Crippen LogP contribution in [0.1, 0.15) is 29.5 Å². The molecule has 3 rings (SSSR count). The lowest BCUT2D eigenvalue weighted by molar-refractivity contribution is -0.118. The second-order valence-corrected chi connectivity index (χ2v) is 6.08. The Morgan fingerprint density at radius 1 is 1.09 bits per heavy atom. The van der Waals surface area contributed by atoms with Gasteiger partial charge in [-0.25, -0.2) is 0 Å². The van der Waals surface area contributed by atoms with Crippen LogP contribution in [0.3, 0.4) is 0 Å². The number of methoxy groups -OCH3 is 1. The van der Waals surface area contributed by atoms with E-state index in [9.17, 15) is 4.79 Å². The molecular weight excluding hydrogens is 274 g/mol. The molecule has 0 aromatic heterocycles. The van der Waals surface area contributed by atoms with E-state index in [0.717, 1.165) is 35.4 Å². The number of carbonyl (C=O) groups is 1. The van der Waals surface area contributed by atoms with Crippen molar-refractivity contribution in [1.29, 1.82) is 0 Å². The number of anilines is 1. The maximum Gasteiger partial charge on any atom is 0.235 e. The van der Waals surface area contributed by atoms with Gasteiger partial charge < -0.3 is 10.1 Å². The minimum absolute atomic E-state index is 0.0876. The van der Waals surface area contributed by atoms with Crippen molar-refractivity contribution in [3.8, 4) is 5.75 Å². The third-order valence-corrected chi connectivity index (χ3v) is 4.46. The highest BCUT2D eigenvalue weighted by molar-refractivity contribution is 6.01. The Labute approximate surface area is 131 Å². The molecule has 1 aliphatic rings. The van der Waals surface area contributed by atoms with Gasteiger partial charge in [0.15, 0.2) is 0 Å². The summed E-state index contributed by atoms with van der Waals surface area (Å²) in [6.07, 6.45) is 1.80. The van der Waals surface area contributed by atoms with Gasteiger partial charge in [-0.15, -0.1) is 0 Å². The van der Waals surface area contributed by atoms with Gasteiger partial charge >= 0.3 is 0 Å². The van der Waals surface area contributed by atoms with Gasteiger partial charge in [0.05, 0.1) is 12.5 Å². The molecule has 22 heavy (non-hydrogen) atoms. The number of ether oxygens (including phenoxy) is 1. The molecule has 0 saturated heterocycles. The van der Waals surface area contributed by atoms with Gasteiger partial charge in [-0.1, -0.05) is 29.8 Å². The van der Waals surface area contributed by atoms with E-state index < -0.39 is 0 Å². The zero-order valence-corrected chi connectivity index (χ0v) is 13.3. The average molecular weight is 295 g/mol. The minimum Gasteiger partial charge on any atom is -0.497 e. The molecule has 1 fully saturated rings. The summed E-state index contributed by atoms with van der Waals surface area (Å²) in [5, 5.41) is 3.10. The first kappa shape index (κ1) is 14.6. The topological polar surface area (TPSA) is 38.3 Å². The van der Waals surface area contributed by atoms with Crippen molar-refractivity contribution in [2.75, 3.05) is 12.4 Å². The fourth-order valence-electron chi connectivity index (χ4n) is 2.88. The second kappa shape index (κ2) is 5.48. The van der Waals surface area contributed by atoms with E-state index in [1.54, 1.807) is 7.11 Å². The van der Waals surface area contributed by atoms with E-state index in [-0.39, 0.29) is 11.3 Å². The van der Waals surface area contributed by atoms with Crippen molar-refractivity contribution in [1.82, 2.24) is 0 Å². The highest BCUT2D eigenvalue weighted by Gasteiger charge is 2.51. The summed E-state index contributed by atoms with van der Waals surface area (Å²) < 4.78 is 5.18. The first-order valence-corrected chi connectivity index (χ1v) is 7.58. The molecule has 0 bridgehead atoms. The zero-order chi connectivity index (χ0) is 15.7. The molecule has 0 heterocycles. The van der Waals surface area contributed by atoms with Gasteiger partial charge in [0.25, 0.3) is 0 Å². The molecule has 2 aromatic rings. The van der Waals surface area contributed by atoms with Gasteiger partial charge in [0.1, 0.15) is 5.75 Å². The van der Waals surface area contributed by atoms with Crippen molar-refractivity contribution >= 4 is 11.6 Å². The van der Waals surface area contributed by atoms with Gasteiger partial charge in [-0.05, 0) is 56.0 Å². The molecule has 0 unspecified atom stereocenters. The second-order valence-electron chi connectivity index (χ2n) is 6.08. The zero-order valence-electron chi connectivity index (χ0n) is 13.3. The summed E-state index contributed by atoms with van der Waals surface area (Å²) >= 11 is 0. The van der Waals surface area contributed by atoms with Crippen LogP contribution in [0.25, 0.3) is 0 Å². The molecule has 1 N–H and O–H groups in total. The smallest absolute Gasteiger partial charge is 0.235 e. The monoisotopic (exact) mass is 295 g/mol. The van der Waals surface area contributed by atoms with E-state index in [0.29, 0.717) is 0 Å². The number of benzene rings is 2. The Kier molecular flexibility index (Phi) is 3.65. The number of rotatable bonds is 4. The van der Waals surface area contributed by atoms with Crippen molar-refractivity contribution in [3.63, 3.8) is 0 Å². The maximum atomic E-state index is 12.7. The molecule has 0 spiro atoms. The largest absolute Gasteiger partial charge is 0.497 e. The van der Waals surface area contributed by atoms with Crippen LogP contribution in [0.4, 0.5) is 5.69 Å². The van der Waals surface area contributed by atoms with Gasteiger partial charge in [-0.2, -0.15) is 0 Å². The summed E-state index contributed by atoms with van der Waals surface area (Å²) in [4.78, 5) is 12.7. The normalized spacial score (nSPS) is 15.2. The predicted octanol–water partition coefficient (Wildman–Crippen LogP) is 3.98. The van der Waals surface area contributed by atoms with Crippen LogP contribution in [0.2, 0.25) is 0 Å². The number of amides is 1. The number of carbonyl (C=O) groups excluding carboxylic acids is 1. The molecule has 0 radical (unpaired) electrons. The summed E-state index contributed by atoms with van der Waals surface area (Å²) in [5.41, 5.74) is 3.89. The van der Waals surface area contributed by atoms with Crippen LogP contribution in [-0.4, -0.2) is 13.0 Å². The van der Waals surface area contributed by atoms with Gasteiger partial charge in [-0.3, -0.25) is 4.79 Å². The molecule has 2 aromatic carbocycles. The van der Waals surface area contributed by atoms with Crippen LogP contribution in [-0.2, 0) is 10.2 Å². The van der Waals surface area contributed by atoms with E-state index in [2.05, 4.69) is 18.3 Å². The lowest BCUT2D eigenvalue weighted by Crippen LogP contribution is -2.28. The molecule has 114 valence electrons. The van der Waals surface area contributed by atoms with Crippen LogP contribution < -0.4 is 10.1 Å². The standard InChI is InChI=1S/C19H21NO2/c1-13-4-9-17(14(2)12-13)20-18(21)19(10-11-19)15-5-7-16(22-3)8-6-15/h4-9,12H,10-11H2,1-3H3,(H,20,21). The first-order valence-electron chi connectivity index (χ1n) is 7.58. The maximum absolute atomic E-state index is 12.7. The molecule has 0 atom stereocenters. The minimum atomic E-state index is -0.371. The van der Waals surface area contributed by atoms with E-state index in [4.69, 9.17) is 4.74 Å². The van der Waals surface area contributed by atoms with Crippen molar-refractivity contribution in [2.24, 2.45) is 0 Å². The molecule has 1 amide bonds. The van der Waals surface area contributed by atoms with E-state index in [1.165, 1.54) is 5.56 Å². The quantitative estimate of drug-likeness (QED) is 0.926. The van der Waals surface area contributed by atoms with Crippen LogP contribution in [0.15, 0.2) is 42.5 Å². The molecule has 3 nitrogen and oxygen atoms in total. The van der Waals surface area contributed by atoms with Crippen LogP contribution >= 0.6 is 0 Å². The van der Waals surface area contributed by atoms with Gasteiger partial charge in [0.2, 0.25) is 5.91 Å². The van der Waals surface area contributed by atoms with Crippen molar-refractivity contribution < 1.29 is 9.53 Å². The molecule has 0 aliphatic heterocycles. The third-order valence-electron chi connectivity index (χ3n) is 4.46. The predicted molar refractivity (Wildman–Crippen MR) is 88.5 cm³/mol. The van der Waals surface area contributed by atoms with Gasteiger partial charge in [0, 0.05) is 5.69 Å². The summed E-state index contributed by atoms with van der Waals surface area (Å²) in [6, 6.07) is 13.9. The van der Waals surface area contributed by atoms with Crippen LogP contribution in [0.5, 0.6) is 5.75 Å². The van der Waals surface area contributed by atoms with E-state index >= 15 is 0 Å². The number of hydrogen-bond acceptors (Lipinski definition) is 2. The van der Waals surface area contributed by atoms with Crippen LogP contribution in [0, 0.1) is 13.8 Å². The number of hydrogen-bond donors (Lipinski definition) is 1. The summed E-state index contributed by atoms with van der Waals surface area (Å²) in [7, 11) is 1.65. The molecule has 1 saturated carbocycles. The lowest BCUT2D eigenvalue weighted by atomic mass is 9.94. The van der Waals surface area contributed by atoms with E-state index in [1.807, 2.05) is 43.3 Å². The number of nitrogens with one attached hydrogen (secondary N) is 1. The molecule has 3 heteroatoms. The Morgan fingerprint density at radius 3 is 2.32 bits per heavy atom. The Balaban J connectivity index is 1.81. The number of aryl methyl sites for hydroxylation is 2. The summed E-state index contributed by atoms with van der Waals surface area (Å²) in [6.45, 7) is 4.08. The fraction of sp³-hybridized carbons (Fsp3) is 0.316. The first-order chi connectivity index (χ1) is 10.5. The summed E-state index contributed by atoms with van der Waals surface area (Å²) in [5.74, 6) is 0.902. The average Bonchev–Trinajstić information content (AvgIpc) is 3.32.